The maximum Gasteiger partial charge on any atom is 0.409 e. The lowest BCUT2D eigenvalue weighted by atomic mass is 10.1. The van der Waals surface area contributed by atoms with Crippen LogP contribution in [0.1, 0.15) is 50.1 Å². The van der Waals surface area contributed by atoms with Crippen molar-refractivity contribution in [3.63, 3.8) is 0 Å². The molecule has 0 spiro atoms. The van der Waals surface area contributed by atoms with Crippen LogP contribution in [0, 0.1) is 0 Å². The number of amides is 2. The second-order valence-electron chi connectivity index (χ2n) is 6.95. The third kappa shape index (κ3) is 6.73. The number of aromatic nitrogens is 1. The molecule has 32 heavy (non-hydrogen) atoms. The highest BCUT2D eigenvalue weighted by Crippen LogP contribution is 2.19. The SMILES string of the molecule is CCCCOC(=O)NC(CNC1N=CCCN1)(C(=O)O)N(OCCC)C(=O)c1ccno1. The molecule has 0 radical (unpaired) electrons. The average molecular weight is 454 g/mol. The molecule has 1 aromatic rings. The van der Waals surface area contributed by atoms with Gasteiger partial charge in [-0.3, -0.25) is 30.6 Å². The molecule has 13 nitrogen and oxygen atoms in total. The van der Waals surface area contributed by atoms with Crippen LogP contribution in [0.15, 0.2) is 21.8 Å². The number of aliphatic imine (C=N–C) groups is 1. The van der Waals surface area contributed by atoms with E-state index in [1.165, 1.54) is 12.3 Å². The van der Waals surface area contributed by atoms with Gasteiger partial charge < -0.3 is 14.4 Å². The third-order valence-corrected chi connectivity index (χ3v) is 4.41. The number of hydrogen-bond acceptors (Lipinski definition) is 10. The topological polar surface area (TPSA) is 168 Å². The Labute approximate surface area is 185 Å². The van der Waals surface area contributed by atoms with Gasteiger partial charge in [0.15, 0.2) is 6.29 Å². The van der Waals surface area contributed by atoms with Crippen molar-refractivity contribution in [2.24, 2.45) is 4.99 Å². The van der Waals surface area contributed by atoms with Crippen molar-refractivity contribution in [1.29, 1.82) is 0 Å². The molecule has 1 aliphatic rings. The fraction of sp³-hybridized carbons (Fsp3) is 0.632. The largest absolute Gasteiger partial charge is 0.478 e. The predicted molar refractivity (Wildman–Crippen MR) is 112 cm³/mol. The highest BCUT2D eigenvalue weighted by atomic mass is 16.7. The first-order valence-electron chi connectivity index (χ1n) is 10.5. The standard InChI is InChI=1S/C19H30N6O7/c1-3-5-12-30-18(29)24-19(16(27)28,13-22-17-20-8-6-9-21-17)25(31-11-4-2)15(26)14-7-10-23-32-14/h7-8,10,17,21-22H,3-6,9,11-13H2,1-2H3,(H,24,29)(H,27,28). The molecule has 2 rings (SSSR count). The van der Waals surface area contributed by atoms with Crippen molar-refractivity contribution in [3.05, 3.63) is 18.0 Å². The van der Waals surface area contributed by atoms with Crippen molar-refractivity contribution in [3.8, 4) is 0 Å². The van der Waals surface area contributed by atoms with E-state index in [9.17, 15) is 19.5 Å². The second kappa shape index (κ2) is 12.7. The molecule has 2 heterocycles. The van der Waals surface area contributed by atoms with E-state index in [1.807, 2.05) is 6.92 Å². The minimum Gasteiger partial charge on any atom is -0.478 e. The van der Waals surface area contributed by atoms with E-state index in [4.69, 9.17) is 14.1 Å². The van der Waals surface area contributed by atoms with Crippen LogP contribution >= 0.6 is 0 Å². The Hall–Kier alpha value is -3.03. The average Bonchev–Trinajstić information content (AvgIpc) is 3.33. The zero-order valence-electron chi connectivity index (χ0n) is 18.2. The molecular weight excluding hydrogens is 424 g/mol. The number of carboxylic acid groups (broad SMARTS) is 1. The van der Waals surface area contributed by atoms with Gasteiger partial charge in [-0.1, -0.05) is 25.4 Å². The third-order valence-electron chi connectivity index (χ3n) is 4.41. The molecule has 2 amide bonds. The van der Waals surface area contributed by atoms with E-state index in [0.717, 1.165) is 12.8 Å². The smallest absolute Gasteiger partial charge is 0.409 e. The van der Waals surface area contributed by atoms with E-state index in [2.05, 4.69) is 26.1 Å². The summed E-state index contributed by atoms with van der Waals surface area (Å²) in [5.74, 6) is -2.75. The van der Waals surface area contributed by atoms with Crippen LogP contribution < -0.4 is 16.0 Å². The van der Waals surface area contributed by atoms with Gasteiger partial charge in [-0.05, 0) is 19.3 Å². The predicted octanol–water partition coefficient (Wildman–Crippen LogP) is 0.703. The molecular formula is C19H30N6O7. The summed E-state index contributed by atoms with van der Waals surface area (Å²) in [6, 6.07) is 1.26. The molecule has 0 fully saturated rings. The molecule has 2 unspecified atom stereocenters. The Morgan fingerprint density at radius 1 is 1.34 bits per heavy atom. The summed E-state index contributed by atoms with van der Waals surface area (Å²) >= 11 is 0. The van der Waals surface area contributed by atoms with Crippen LogP contribution in [0.2, 0.25) is 0 Å². The number of ether oxygens (including phenoxy) is 1. The minimum absolute atomic E-state index is 0.00129. The van der Waals surface area contributed by atoms with Gasteiger partial charge in [0.1, 0.15) is 0 Å². The number of carboxylic acids is 1. The fourth-order valence-corrected chi connectivity index (χ4v) is 2.73. The molecule has 1 aliphatic heterocycles. The fourth-order valence-electron chi connectivity index (χ4n) is 2.73. The van der Waals surface area contributed by atoms with Gasteiger partial charge in [-0.15, -0.1) is 0 Å². The van der Waals surface area contributed by atoms with Gasteiger partial charge in [0, 0.05) is 18.8 Å². The Morgan fingerprint density at radius 2 is 2.16 bits per heavy atom. The van der Waals surface area contributed by atoms with E-state index in [0.29, 0.717) is 24.4 Å². The van der Waals surface area contributed by atoms with Crippen LogP contribution in [0.5, 0.6) is 0 Å². The molecule has 0 bridgehead atoms. The molecule has 0 aromatic carbocycles. The van der Waals surface area contributed by atoms with Crippen molar-refractivity contribution >= 4 is 24.2 Å². The molecule has 0 saturated carbocycles. The molecule has 1 aromatic heterocycles. The molecule has 0 saturated heterocycles. The first-order valence-corrected chi connectivity index (χ1v) is 10.5. The van der Waals surface area contributed by atoms with Gasteiger partial charge in [0.2, 0.25) is 5.76 Å². The molecule has 178 valence electrons. The minimum atomic E-state index is -2.38. The van der Waals surface area contributed by atoms with Crippen molar-refractivity contribution < 1.29 is 33.6 Å². The Kier molecular flexibility index (Phi) is 10.0. The molecule has 13 heteroatoms. The lowest BCUT2D eigenvalue weighted by Crippen LogP contribution is -2.72. The lowest BCUT2D eigenvalue weighted by Gasteiger charge is -2.39. The Bertz CT molecular complexity index is 772. The van der Waals surface area contributed by atoms with Crippen molar-refractivity contribution in [1.82, 2.24) is 26.2 Å². The number of aliphatic carboxylic acids is 1. The first-order chi connectivity index (χ1) is 15.4. The summed E-state index contributed by atoms with van der Waals surface area (Å²) in [6.07, 6.45) is 3.86. The maximum absolute atomic E-state index is 13.1. The van der Waals surface area contributed by atoms with Crippen LogP contribution in [0.3, 0.4) is 0 Å². The van der Waals surface area contributed by atoms with Crippen molar-refractivity contribution in [2.45, 2.75) is 51.5 Å². The van der Waals surface area contributed by atoms with Crippen molar-refractivity contribution in [2.75, 3.05) is 26.3 Å². The van der Waals surface area contributed by atoms with Gasteiger partial charge in [0.25, 0.3) is 5.66 Å². The maximum atomic E-state index is 13.1. The summed E-state index contributed by atoms with van der Waals surface area (Å²) in [6.45, 7) is 3.96. The number of nitrogens with zero attached hydrogens (tertiary/aromatic N) is 3. The Balaban J connectivity index is 2.38. The number of alkyl carbamates (subject to hydrolysis) is 1. The monoisotopic (exact) mass is 454 g/mol. The van der Waals surface area contributed by atoms with E-state index in [-0.39, 0.29) is 19.0 Å². The molecule has 4 N–H and O–H groups in total. The summed E-state index contributed by atoms with van der Waals surface area (Å²) in [5.41, 5.74) is -2.38. The number of carbonyl (C=O) groups is 3. The second-order valence-corrected chi connectivity index (χ2v) is 6.95. The van der Waals surface area contributed by atoms with Crippen LogP contribution in [-0.4, -0.2) is 77.8 Å². The number of rotatable bonds is 13. The molecule has 2 atom stereocenters. The summed E-state index contributed by atoms with van der Waals surface area (Å²) in [5, 5.41) is 22.5. The van der Waals surface area contributed by atoms with Gasteiger partial charge in [-0.2, -0.15) is 5.06 Å². The lowest BCUT2D eigenvalue weighted by molar-refractivity contribution is -0.208. The summed E-state index contributed by atoms with van der Waals surface area (Å²) in [7, 11) is 0. The zero-order valence-corrected chi connectivity index (χ0v) is 18.2. The van der Waals surface area contributed by atoms with Crippen LogP contribution in [0.25, 0.3) is 0 Å². The first kappa shape index (κ1) is 25.2. The van der Waals surface area contributed by atoms with E-state index in [1.54, 1.807) is 13.1 Å². The number of carbonyl (C=O) groups excluding carboxylic acids is 2. The van der Waals surface area contributed by atoms with Crippen LogP contribution in [-0.2, 0) is 14.4 Å². The number of hydroxylamine groups is 2. The summed E-state index contributed by atoms with van der Waals surface area (Å²) in [4.78, 5) is 47.8. The zero-order chi connectivity index (χ0) is 23.4. The van der Waals surface area contributed by atoms with Crippen LogP contribution in [0.4, 0.5) is 4.79 Å². The van der Waals surface area contributed by atoms with Gasteiger partial charge in [-0.25, -0.2) is 9.59 Å². The Morgan fingerprint density at radius 3 is 2.75 bits per heavy atom. The highest BCUT2D eigenvalue weighted by Gasteiger charge is 2.51. The van der Waals surface area contributed by atoms with Gasteiger partial charge >= 0.3 is 18.0 Å². The normalized spacial score (nSPS) is 17.4. The quantitative estimate of drug-likeness (QED) is 0.189. The van der Waals surface area contributed by atoms with E-state index >= 15 is 0 Å². The van der Waals surface area contributed by atoms with E-state index < -0.39 is 36.5 Å². The number of nitrogens with one attached hydrogen (secondary N) is 3. The van der Waals surface area contributed by atoms with Gasteiger partial charge in [0.05, 0.1) is 26.0 Å². The highest BCUT2D eigenvalue weighted by molar-refractivity contribution is 5.96. The molecule has 0 aliphatic carbocycles. The summed E-state index contributed by atoms with van der Waals surface area (Å²) < 4.78 is 9.99. The number of hydrogen-bond donors (Lipinski definition) is 4. The number of unbranched alkanes of at least 4 members (excludes halogenated alkanes) is 1.